The van der Waals surface area contributed by atoms with Crippen molar-refractivity contribution in [3.8, 4) is 0 Å². The summed E-state index contributed by atoms with van der Waals surface area (Å²) in [6.07, 6.45) is 0.450. The van der Waals surface area contributed by atoms with Crippen LogP contribution in [0.15, 0.2) is 0 Å². The van der Waals surface area contributed by atoms with Gasteiger partial charge in [-0.15, -0.1) is 0 Å². The van der Waals surface area contributed by atoms with Crippen LogP contribution >= 0.6 is 0 Å². The molecule has 0 fully saturated rings. The quantitative estimate of drug-likeness (QED) is 0.369. The molecule has 0 unspecified atom stereocenters. The second kappa shape index (κ2) is 6.66. The van der Waals surface area contributed by atoms with Gasteiger partial charge in [0.1, 0.15) is 0 Å². The van der Waals surface area contributed by atoms with E-state index >= 15 is 0 Å². The number of aliphatic hydroxyl groups is 2. The Morgan fingerprint density at radius 2 is 1.67 bits per heavy atom. The molecule has 0 atom stereocenters. The van der Waals surface area contributed by atoms with Gasteiger partial charge < -0.3 is 27.1 Å². The summed E-state index contributed by atoms with van der Waals surface area (Å²) in [6, 6.07) is 0. The van der Waals surface area contributed by atoms with Crippen molar-refractivity contribution in [1.29, 1.82) is 0 Å². The number of aliphatic hydroxyl groups excluding tert-OH is 1. The predicted molar refractivity (Wildman–Crippen MR) is 45.0 cm³/mol. The van der Waals surface area contributed by atoms with Crippen molar-refractivity contribution < 1.29 is 27.1 Å². The van der Waals surface area contributed by atoms with E-state index in [0.29, 0.717) is 6.42 Å². The lowest BCUT2D eigenvalue weighted by atomic mass is 10.3. The number of rotatable bonds is 5. The van der Waals surface area contributed by atoms with E-state index in [0.717, 1.165) is 24.0 Å². The van der Waals surface area contributed by atoms with Crippen LogP contribution in [0, 0.1) is 0 Å². The Balaban J connectivity index is 0. The van der Waals surface area contributed by atoms with Crippen LogP contribution in [-0.2, 0) is 0 Å². The molecule has 2 N–H and O–H groups in total. The van der Waals surface area contributed by atoms with Crippen molar-refractivity contribution in [1.82, 2.24) is 0 Å². The lowest BCUT2D eigenvalue weighted by Gasteiger charge is -2.29. The van der Waals surface area contributed by atoms with E-state index in [1.54, 1.807) is 0 Å². The van der Waals surface area contributed by atoms with Crippen molar-refractivity contribution in [2.75, 3.05) is 27.2 Å². The molecule has 76 valence electrons. The maximum atomic E-state index is 8.63. The molecular formula is C8H20ClNO2. The summed E-state index contributed by atoms with van der Waals surface area (Å²) < 4.78 is 0.869. The van der Waals surface area contributed by atoms with Crippen LogP contribution < -0.4 is 12.4 Å². The molecule has 0 saturated carbocycles. The number of halogens is 1. The normalized spacial score (nSPS) is 11.5. The largest absolute Gasteiger partial charge is 1.00 e. The second-order valence-corrected chi connectivity index (χ2v) is 3.65. The maximum Gasteiger partial charge on any atom is 0.156 e. The Labute approximate surface area is 81.0 Å². The lowest BCUT2D eigenvalue weighted by molar-refractivity contribution is -0.891. The van der Waals surface area contributed by atoms with Gasteiger partial charge in [0.05, 0.1) is 27.2 Å². The van der Waals surface area contributed by atoms with Gasteiger partial charge >= 0.3 is 0 Å². The summed E-state index contributed by atoms with van der Waals surface area (Å²) >= 11 is 0. The van der Waals surface area contributed by atoms with Crippen molar-refractivity contribution in [2.45, 2.75) is 26.1 Å². The van der Waals surface area contributed by atoms with Gasteiger partial charge in [0, 0.05) is 6.42 Å². The molecule has 0 aromatic carbocycles. The van der Waals surface area contributed by atoms with Crippen molar-refractivity contribution >= 4 is 0 Å². The van der Waals surface area contributed by atoms with Crippen LogP contribution in [0.25, 0.3) is 0 Å². The molecule has 0 aliphatic rings. The van der Waals surface area contributed by atoms with Gasteiger partial charge in [-0.1, -0.05) is 6.92 Å². The molecule has 0 aromatic rings. The minimum atomic E-state index is -1.15. The molecule has 0 amide bonds. The first kappa shape index (κ1) is 14.7. The van der Waals surface area contributed by atoms with E-state index < -0.39 is 6.29 Å². The molecule has 3 nitrogen and oxygen atoms in total. The number of quaternary nitrogens is 1. The molecule has 0 rings (SSSR count). The Morgan fingerprint density at radius 1 is 1.17 bits per heavy atom. The summed E-state index contributed by atoms with van der Waals surface area (Å²) in [4.78, 5) is 0. The standard InChI is InChI=1S/C8H20NO2.ClH/c1-4-6-9(2,3)7-5-8(10)11;/h8,10-11H,4-7H2,1-3H3;1H/q+1;/p-1. The highest BCUT2D eigenvalue weighted by Gasteiger charge is 2.14. The van der Waals surface area contributed by atoms with Gasteiger partial charge in [-0.3, -0.25) is 0 Å². The summed E-state index contributed by atoms with van der Waals surface area (Å²) in [5.74, 6) is 0. The molecule has 0 heterocycles. The third-order valence-electron chi connectivity index (χ3n) is 1.82. The summed E-state index contributed by atoms with van der Waals surface area (Å²) in [6.45, 7) is 4.05. The molecule has 0 saturated heterocycles. The Morgan fingerprint density at radius 3 is 2.00 bits per heavy atom. The number of nitrogens with zero attached hydrogens (tertiary/aromatic N) is 1. The molecule has 0 aliphatic heterocycles. The van der Waals surface area contributed by atoms with Gasteiger partial charge in [0.15, 0.2) is 6.29 Å². The van der Waals surface area contributed by atoms with Crippen LogP contribution in [-0.4, -0.2) is 48.2 Å². The van der Waals surface area contributed by atoms with Crippen LogP contribution in [0.3, 0.4) is 0 Å². The van der Waals surface area contributed by atoms with E-state index in [1.807, 2.05) is 0 Å². The van der Waals surface area contributed by atoms with E-state index in [1.165, 1.54) is 0 Å². The number of hydrogen-bond acceptors (Lipinski definition) is 2. The third-order valence-corrected chi connectivity index (χ3v) is 1.82. The first-order valence-corrected chi connectivity index (χ1v) is 4.16. The smallest absolute Gasteiger partial charge is 0.156 e. The SMILES string of the molecule is CCC[N+](C)(C)CCC(O)O.[Cl-]. The average Bonchev–Trinajstić information content (AvgIpc) is 1.84. The average molecular weight is 198 g/mol. The lowest BCUT2D eigenvalue weighted by Crippen LogP contribution is -3.00. The summed E-state index contributed by atoms with van der Waals surface area (Å²) in [5, 5.41) is 17.3. The molecule has 4 heteroatoms. The van der Waals surface area contributed by atoms with Crippen LogP contribution in [0.4, 0.5) is 0 Å². The molecule has 0 radical (unpaired) electrons. The molecular weight excluding hydrogens is 178 g/mol. The molecule has 12 heavy (non-hydrogen) atoms. The Bertz CT molecular complexity index is 107. The Kier molecular flexibility index (Phi) is 8.15. The van der Waals surface area contributed by atoms with E-state index in [4.69, 9.17) is 10.2 Å². The summed E-state index contributed by atoms with van der Waals surface area (Å²) in [7, 11) is 4.21. The van der Waals surface area contributed by atoms with Crippen LogP contribution in [0.1, 0.15) is 19.8 Å². The zero-order valence-corrected chi connectivity index (χ0v) is 8.88. The van der Waals surface area contributed by atoms with E-state index in [2.05, 4.69) is 21.0 Å². The van der Waals surface area contributed by atoms with E-state index in [-0.39, 0.29) is 12.4 Å². The van der Waals surface area contributed by atoms with E-state index in [9.17, 15) is 0 Å². The molecule has 0 aromatic heterocycles. The first-order chi connectivity index (χ1) is 4.98. The third kappa shape index (κ3) is 8.27. The monoisotopic (exact) mass is 197 g/mol. The summed E-state index contributed by atoms with van der Waals surface area (Å²) in [5.41, 5.74) is 0. The van der Waals surface area contributed by atoms with Gasteiger partial charge in [-0.05, 0) is 6.42 Å². The zero-order chi connectivity index (χ0) is 8.91. The minimum absolute atomic E-state index is 0. The van der Waals surface area contributed by atoms with Gasteiger partial charge in [-0.2, -0.15) is 0 Å². The van der Waals surface area contributed by atoms with Crippen molar-refractivity contribution in [3.05, 3.63) is 0 Å². The second-order valence-electron chi connectivity index (χ2n) is 3.65. The highest BCUT2D eigenvalue weighted by molar-refractivity contribution is 4.38. The molecule has 0 spiro atoms. The zero-order valence-electron chi connectivity index (χ0n) is 8.13. The van der Waals surface area contributed by atoms with Gasteiger partial charge in [0.25, 0.3) is 0 Å². The Hall–Kier alpha value is 0.170. The molecule has 0 bridgehead atoms. The predicted octanol–water partition coefficient (Wildman–Crippen LogP) is -2.82. The molecule has 0 aliphatic carbocycles. The number of hydrogen-bond donors (Lipinski definition) is 2. The van der Waals surface area contributed by atoms with Crippen molar-refractivity contribution in [2.24, 2.45) is 0 Å². The topological polar surface area (TPSA) is 40.5 Å². The highest BCUT2D eigenvalue weighted by Crippen LogP contribution is 2.01. The first-order valence-electron chi connectivity index (χ1n) is 4.16. The fraction of sp³-hybridized carbons (Fsp3) is 1.00. The van der Waals surface area contributed by atoms with Crippen LogP contribution in [0.2, 0.25) is 0 Å². The van der Waals surface area contributed by atoms with Crippen LogP contribution in [0.5, 0.6) is 0 Å². The fourth-order valence-electron chi connectivity index (χ4n) is 1.18. The fourth-order valence-corrected chi connectivity index (χ4v) is 1.18. The maximum absolute atomic E-state index is 8.63. The van der Waals surface area contributed by atoms with Gasteiger partial charge in [-0.25, -0.2) is 0 Å². The minimum Gasteiger partial charge on any atom is -1.00 e. The van der Waals surface area contributed by atoms with Crippen molar-refractivity contribution in [3.63, 3.8) is 0 Å². The highest BCUT2D eigenvalue weighted by atomic mass is 35.5. The van der Waals surface area contributed by atoms with Gasteiger partial charge in [0.2, 0.25) is 0 Å².